The van der Waals surface area contributed by atoms with Crippen molar-refractivity contribution in [2.75, 3.05) is 13.6 Å². The van der Waals surface area contributed by atoms with E-state index in [2.05, 4.69) is 40.9 Å². The lowest BCUT2D eigenvalue weighted by molar-refractivity contribution is 0.312. The van der Waals surface area contributed by atoms with E-state index in [4.69, 9.17) is 11.6 Å². The maximum absolute atomic E-state index is 13.4. The van der Waals surface area contributed by atoms with Gasteiger partial charge in [0.1, 0.15) is 5.82 Å². The zero-order valence-corrected chi connectivity index (χ0v) is 16.3. The quantitative estimate of drug-likeness (QED) is 0.506. The van der Waals surface area contributed by atoms with E-state index in [-0.39, 0.29) is 5.82 Å². The predicted molar refractivity (Wildman–Crippen MR) is 112 cm³/mol. The SMILES string of the molecule is C/C=C/C(=C\n1c2c(c3cc(Cl)ccc31)CN(C)CC2)c1ccc(F)cc1. The van der Waals surface area contributed by atoms with E-state index < -0.39 is 0 Å². The van der Waals surface area contributed by atoms with Crippen molar-refractivity contribution in [2.45, 2.75) is 19.9 Å². The smallest absolute Gasteiger partial charge is 0.123 e. The molecule has 0 spiro atoms. The molecule has 1 aliphatic rings. The highest BCUT2D eigenvalue weighted by atomic mass is 35.5. The van der Waals surface area contributed by atoms with Crippen molar-refractivity contribution in [2.24, 2.45) is 0 Å². The second-order valence-corrected chi connectivity index (χ2v) is 7.47. The molecule has 0 fully saturated rings. The Kier molecular flexibility index (Phi) is 4.90. The number of halogens is 2. The summed E-state index contributed by atoms with van der Waals surface area (Å²) in [5.74, 6) is -0.222. The van der Waals surface area contributed by atoms with E-state index in [0.29, 0.717) is 0 Å². The summed E-state index contributed by atoms with van der Waals surface area (Å²) >= 11 is 6.29. The Morgan fingerprint density at radius 2 is 1.93 bits per heavy atom. The average molecular weight is 381 g/mol. The number of rotatable bonds is 3. The lowest BCUT2D eigenvalue weighted by Gasteiger charge is -2.23. The summed E-state index contributed by atoms with van der Waals surface area (Å²) in [6.45, 7) is 3.94. The summed E-state index contributed by atoms with van der Waals surface area (Å²) < 4.78 is 15.6. The largest absolute Gasteiger partial charge is 0.319 e. The van der Waals surface area contributed by atoms with E-state index in [1.807, 2.05) is 31.2 Å². The second kappa shape index (κ2) is 7.34. The van der Waals surface area contributed by atoms with E-state index in [9.17, 15) is 4.39 Å². The van der Waals surface area contributed by atoms with E-state index in [1.54, 1.807) is 0 Å². The molecule has 0 unspecified atom stereocenters. The summed E-state index contributed by atoms with van der Waals surface area (Å²) in [4.78, 5) is 2.34. The maximum atomic E-state index is 13.4. The van der Waals surface area contributed by atoms with Gasteiger partial charge in [-0.3, -0.25) is 0 Å². The topological polar surface area (TPSA) is 8.17 Å². The number of likely N-dealkylation sites (N-methyl/N-ethyl adjacent to an activating group) is 1. The fourth-order valence-electron chi connectivity index (χ4n) is 3.82. The molecule has 0 bridgehead atoms. The molecule has 0 radical (unpaired) electrons. The van der Waals surface area contributed by atoms with Crippen molar-refractivity contribution < 1.29 is 4.39 Å². The standard InChI is InChI=1S/C23H22ClFN2/c1-3-4-17(16-5-8-19(25)9-6-16)14-27-22-10-7-18(24)13-20(22)21-15-26(2)12-11-23(21)27/h3-10,13-14H,11-12,15H2,1-2H3/b4-3+,17-14+. The Bertz CT molecular complexity index is 1040. The summed E-state index contributed by atoms with van der Waals surface area (Å²) in [7, 11) is 2.15. The highest BCUT2D eigenvalue weighted by Gasteiger charge is 2.22. The molecule has 0 atom stereocenters. The minimum Gasteiger partial charge on any atom is -0.319 e. The lowest BCUT2D eigenvalue weighted by Crippen LogP contribution is -2.26. The molecule has 0 N–H and O–H groups in total. The molecular formula is C23H22ClFN2. The van der Waals surface area contributed by atoms with Crippen LogP contribution in [0.3, 0.4) is 0 Å². The summed E-state index contributed by atoms with van der Waals surface area (Å²) in [5.41, 5.74) is 5.87. The molecule has 2 heterocycles. The van der Waals surface area contributed by atoms with Crippen LogP contribution in [0.5, 0.6) is 0 Å². The third-order valence-corrected chi connectivity index (χ3v) is 5.37. The number of nitrogens with zero attached hydrogens (tertiary/aromatic N) is 2. The second-order valence-electron chi connectivity index (χ2n) is 7.04. The van der Waals surface area contributed by atoms with Gasteiger partial charge in [-0.2, -0.15) is 0 Å². The Hall–Kier alpha value is -2.36. The fourth-order valence-corrected chi connectivity index (χ4v) is 3.99. The fraction of sp³-hybridized carbons (Fsp3) is 0.217. The molecule has 1 aromatic heterocycles. The molecule has 138 valence electrons. The highest BCUT2D eigenvalue weighted by Crippen LogP contribution is 2.34. The molecular weight excluding hydrogens is 359 g/mol. The van der Waals surface area contributed by atoms with Crippen molar-refractivity contribution in [3.8, 4) is 0 Å². The molecule has 0 amide bonds. The molecule has 2 nitrogen and oxygen atoms in total. The van der Waals surface area contributed by atoms with Gasteiger partial charge in [0.2, 0.25) is 0 Å². The highest BCUT2D eigenvalue weighted by molar-refractivity contribution is 6.31. The van der Waals surface area contributed by atoms with Crippen LogP contribution in [0.2, 0.25) is 5.02 Å². The first-order valence-electron chi connectivity index (χ1n) is 9.17. The Morgan fingerprint density at radius 1 is 1.15 bits per heavy atom. The zero-order chi connectivity index (χ0) is 19.0. The first kappa shape index (κ1) is 18.0. The molecule has 1 aliphatic heterocycles. The van der Waals surface area contributed by atoms with Crippen LogP contribution in [0.15, 0.2) is 54.6 Å². The maximum Gasteiger partial charge on any atom is 0.123 e. The lowest BCUT2D eigenvalue weighted by atomic mass is 10.0. The first-order chi connectivity index (χ1) is 13.1. The van der Waals surface area contributed by atoms with Crippen LogP contribution < -0.4 is 0 Å². The molecule has 0 saturated heterocycles. The molecule has 0 aliphatic carbocycles. The monoisotopic (exact) mass is 380 g/mol. The van der Waals surface area contributed by atoms with Gasteiger partial charge in [0, 0.05) is 41.8 Å². The van der Waals surface area contributed by atoms with Gasteiger partial charge < -0.3 is 9.47 Å². The van der Waals surface area contributed by atoms with Crippen molar-refractivity contribution in [1.82, 2.24) is 9.47 Å². The van der Waals surface area contributed by atoms with Gasteiger partial charge in [-0.05, 0) is 61.0 Å². The van der Waals surface area contributed by atoms with Gasteiger partial charge in [-0.25, -0.2) is 4.39 Å². The number of aromatic nitrogens is 1. The van der Waals surface area contributed by atoms with Gasteiger partial charge in [0.05, 0.1) is 5.52 Å². The van der Waals surface area contributed by atoms with Crippen LogP contribution >= 0.6 is 11.6 Å². The van der Waals surface area contributed by atoms with E-state index in [0.717, 1.165) is 41.2 Å². The molecule has 2 aromatic carbocycles. The van der Waals surface area contributed by atoms with Crippen molar-refractivity contribution in [3.05, 3.63) is 82.3 Å². The van der Waals surface area contributed by atoms with Crippen molar-refractivity contribution in [3.63, 3.8) is 0 Å². The first-order valence-corrected chi connectivity index (χ1v) is 9.55. The van der Waals surface area contributed by atoms with Crippen LogP contribution in [0.4, 0.5) is 4.39 Å². The molecule has 0 saturated carbocycles. The third-order valence-electron chi connectivity index (χ3n) is 5.13. The number of hydrogen-bond donors (Lipinski definition) is 0. The van der Waals surface area contributed by atoms with Crippen LogP contribution in [0, 0.1) is 5.82 Å². The Morgan fingerprint density at radius 3 is 2.67 bits per heavy atom. The zero-order valence-electron chi connectivity index (χ0n) is 15.5. The van der Waals surface area contributed by atoms with Gasteiger partial charge in [-0.1, -0.05) is 35.9 Å². The minimum absolute atomic E-state index is 0.222. The Labute approximate surface area is 164 Å². The molecule has 4 heteroatoms. The predicted octanol–water partition coefficient (Wildman–Crippen LogP) is 6.00. The van der Waals surface area contributed by atoms with Crippen LogP contribution in [0.1, 0.15) is 23.7 Å². The minimum atomic E-state index is -0.222. The summed E-state index contributed by atoms with van der Waals surface area (Å²) in [5, 5.41) is 1.96. The third kappa shape index (κ3) is 3.45. The average Bonchev–Trinajstić information content (AvgIpc) is 2.94. The van der Waals surface area contributed by atoms with Crippen LogP contribution in [-0.2, 0) is 13.0 Å². The molecule has 4 rings (SSSR count). The van der Waals surface area contributed by atoms with Crippen LogP contribution in [0.25, 0.3) is 22.7 Å². The normalized spacial score (nSPS) is 15.6. The van der Waals surface area contributed by atoms with Gasteiger partial charge >= 0.3 is 0 Å². The number of hydrogen-bond acceptors (Lipinski definition) is 1. The molecule has 3 aromatic rings. The van der Waals surface area contributed by atoms with Gasteiger partial charge in [0.15, 0.2) is 0 Å². The number of fused-ring (bicyclic) bond motifs is 3. The summed E-state index contributed by atoms with van der Waals surface area (Å²) in [6, 6.07) is 12.7. The van der Waals surface area contributed by atoms with Gasteiger partial charge in [0.25, 0.3) is 0 Å². The van der Waals surface area contributed by atoms with E-state index in [1.165, 1.54) is 28.8 Å². The number of benzene rings is 2. The molecule has 27 heavy (non-hydrogen) atoms. The Balaban J connectivity index is 1.94. The van der Waals surface area contributed by atoms with Gasteiger partial charge in [-0.15, -0.1) is 0 Å². The van der Waals surface area contributed by atoms with E-state index >= 15 is 0 Å². The number of allylic oxidation sites excluding steroid dienone is 3. The summed E-state index contributed by atoms with van der Waals surface area (Å²) in [6.07, 6.45) is 7.23. The van der Waals surface area contributed by atoms with Crippen molar-refractivity contribution in [1.29, 1.82) is 0 Å². The van der Waals surface area contributed by atoms with Crippen molar-refractivity contribution >= 4 is 34.3 Å². The van der Waals surface area contributed by atoms with Crippen LogP contribution in [-0.4, -0.2) is 23.1 Å².